The van der Waals surface area contributed by atoms with Gasteiger partial charge in [-0.25, -0.2) is 0 Å². The molecule has 0 radical (unpaired) electrons. The Hall–Kier alpha value is -2.27. The molecule has 0 aliphatic carbocycles. The molecule has 2 aromatic heterocycles. The van der Waals surface area contributed by atoms with E-state index in [1.807, 2.05) is 31.2 Å². The molecule has 0 spiro atoms. The van der Waals surface area contributed by atoms with Gasteiger partial charge in [0.25, 0.3) is 0 Å². The van der Waals surface area contributed by atoms with Gasteiger partial charge < -0.3 is 10.3 Å². The number of nitrogens with two attached hydrogens (primary N) is 1. The molecule has 1 atom stereocenters. The van der Waals surface area contributed by atoms with E-state index < -0.39 is 0 Å². The summed E-state index contributed by atoms with van der Waals surface area (Å²) < 4.78 is 5.12. The minimum Gasteiger partial charge on any atom is -0.337 e. The van der Waals surface area contributed by atoms with Gasteiger partial charge in [-0.2, -0.15) is 4.98 Å². The van der Waals surface area contributed by atoms with E-state index in [2.05, 4.69) is 15.1 Å². The zero-order valence-electron chi connectivity index (χ0n) is 9.87. The highest BCUT2D eigenvalue weighted by atomic mass is 16.5. The lowest BCUT2D eigenvalue weighted by Crippen LogP contribution is -2.04. The fraction of sp³-hybridized carbons (Fsp3) is 0.154. The van der Waals surface area contributed by atoms with Crippen LogP contribution in [0.4, 0.5) is 0 Å². The molecule has 0 fully saturated rings. The van der Waals surface area contributed by atoms with Crippen molar-refractivity contribution in [3.63, 3.8) is 0 Å². The molecular formula is C13H12N4O. The summed E-state index contributed by atoms with van der Waals surface area (Å²) in [5.41, 5.74) is 6.61. The van der Waals surface area contributed by atoms with Crippen LogP contribution < -0.4 is 5.73 Å². The van der Waals surface area contributed by atoms with E-state index in [1.165, 1.54) is 0 Å². The molecule has 0 bridgehead atoms. The fourth-order valence-corrected chi connectivity index (χ4v) is 1.84. The monoisotopic (exact) mass is 240 g/mol. The third-order valence-electron chi connectivity index (χ3n) is 2.76. The first kappa shape index (κ1) is 10.9. The van der Waals surface area contributed by atoms with Crippen LogP contribution >= 0.6 is 0 Å². The number of rotatable bonds is 2. The summed E-state index contributed by atoms with van der Waals surface area (Å²) in [5, 5.41) is 6.05. The van der Waals surface area contributed by atoms with Gasteiger partial charge in [0.05, 0.1) is 6.04 Å². The van der Waals surface area contributed by atoms with E-state index in [-0.39, 0.29) is 6.04 Å². The maximum atomic E-state index is 5.71. The van der Waals surface area contributed by atoms with E-state index >= 15 is 0 Å². The first-order chi connectivity index (χ1) is 8.75. The predicted molar refractivity (Wildman–Crippen MR) is 67.6 cm³/mol. The first-order valence-corrected chi connectivity index (χ1v) is 5.68. The first-order valence-electron chi connectivity index (χ1n) is 5.68. The molecule has 90 valence electrons. The predicted octanol–water partition coefficient (Wildman–Crippen LogP) is 2.30. The largest absolute Gasteiger partial charge is 0.337 e. The minimum atomic E-state index is -0.264. The van der Waals surface area contributed by atoms with Crippen molar-refractivity contribution in [3.05, 3.63) is 42.5 Å². The number of hydrogen-bond donors (Lipinski definition) is 1. The lowest BCUT2D eigenvalue weighted by atomic mass is 10.1. The van der Waals surface area contributed by atoms with Gasteiger partial charge in [-0.05, 0) is 18.4 Å². The van der Waals surface area contributed by atoms with Gasteiger partial charge in [-0.1, -0.05) is 23.4 Å². The van der Waals surface area contributed by atoms with Gasteiger partial charge in [-0.15, -0.1) is 0 Å². The van der Waals surface area contributed by atoms with Gasteiger partial charge >= 0.3 is 0 Å². The number of benzene rings is 1. The van der Waals surface area contributed by atoms with Crippen molar-refractivity contribution in [1.82, 2.24) is 15.1 Å². The molecule has 2 N–H and O–H groups in total. The van der Waals surface area contributed by atoms with Gasteiger partial charge in [0.15, 0.2) is 0 Å². The summed E-state index contributed by atoms with van der Waals surface area (Å²) in [6.07, 6.45) is 3.56. The average molecular weight is 240 g/mol. The van der Waals surface area contributed by atoms with Crippen LogP contribution in [0.15, 0.2) is 41.2 Å². The molecule has 0 saturated heterocycles. The molecule has 5 nitrogen and oxygen atoms in total. The maximum absolute atomic E-state index is 5.71. The fourth-order valence-electron chi connectivity index (χ4n) is 1.84. The molecule has 1 aromatic carbocycles. The zero-order chi connectivity index (χ0) is 12.5. The standard InChI is InChI=1S/C13H12N4O/c1-8(14)13-16-12(17-18-13)10-4-2-3-9-5-6-15-7-11(9)10/h2-8H,14H2,1H3/t8-/m0/s1. The van der Waals surface area contributed by atoms with Crippen molar-refractivity contribution in [2.45, 2.75) is 13.0 Å². The van der Waals surface area contributed by atoms with Crippen LogP contribution in [0.25, 0.3) is 22.2 Å². The molecule has 2 heterocycles. The highest BCUT2D eigenvalue weighted by molar-refractivity contribution is 5.94. The number of nitrogens with zero attached hydrogens (tertiary/aromatic N) is 3. The minimum absolute atomic E-state index is 0.264. The van der Waals surface area contributed by atoms with Crippen molar-refractivity contribution in [2.75, 3.05) is 0 Å². The van der Waals surface area contributed by atoms with Crippen molar-refractivity contribution in [1.29, 1.82) is 0 Å². The lowest BCUT2D eigenvalue weighted by Gasteiger charge is -2.01. The highest BCUT2D eigenvalue weighted by Crippen LogP contribution is 2.26. The van der Waals surface area contributed by atoms with E-state index in [0.29, 0.717) is 11.7 Å². The van der Waals surface area contributed by atoms with Crippen molar-refractivity contribution < 1.29 is 4.52 Å². The molecule has 18 heavy (non-hydrogen) atoms. The Balaban J connectivity index is 2.18. The molecule has 5 heteroatoms. The molecule has 3 aromatic rings. The normalized spacial score (nSPS) is 12.8. The highest BCUT2D eigenvalue weighted by Gasteiger charge is 2.13. The molecule has 3 rings (SSSR count). The third kappa shape index (κ3) is 1.74. The van der Waals surface area contributed by atoms with Crippen LogP contribution in [0.2, 0.25) is 0 Å². The van der Waals surface area contributed by atoms with Crippen LogP contribution in [-0.2, 0) is 0 Å². The second-order valence-corrected chi connectivity index (χ2v) is 4.15. The Labute approximate surface area is 104 Å². The lowest BCUT2D eigenvalue weighted by molar-refractivity contribution is 0.362. The van der Waals surface area contributed by atoms with Crippen molar-refractivity contribution >= 4 is 10.8 Å². The summed E-state index contributed by atoms with van der Waals surface area (Å²) in [6.45, 7) is 1.81. The Bertz CT molecular complexity index is 685. The topological polar surface area (TPSA) is 77.8 Å². The second-order valence-electron chi connectivity index (χ2n) is 4.15. The van der Waals surface area contributed by atoms with Crippen molar-refractivity contribution in [2.24, 2.45) is 5.73 Å². The third-order valence-corrected chi connectivity index (χ3v) is 2.76. The maximum Gasteiger partial charge on any atom is 0.243 e. The molecule has 0 unspecified atom stereocenters. The number of fused-ring (bicyclic) bond motifs is 1. The Morgan fingerprint density at radius 2 is 2.17 bits per heavy atom. The van der Waals surface area contributed by atoms with Crippen LogP contribution in [0, 0.1) is 0 Å². The van der Waals surface area contributed by atoms with E-state index in [4.69, 9.17) is 10.3 Å². The van der Waals surface area contributed by atoms with Crippen LogP contribution in [0.1, 0.15) is 18.9 Å². The number of hydrogen-bond acceptors (Lipinski definition) is 5. The number of aromatic nitrogens is 3. The molecule has 0 amide bonds. The van der Waals surface area contributed by atoms with E-state index in [1.54, 1.807) is 12.4 Å². The Morgan fingerprint density at radius 3 is 2.94 bits per heavy atom. The van der Waals surface area contributed by atoms with Crippen LogP contribution in [0.5, 0.6) is 0 Å². The summed E-state index contributed by atoms with van der Waals surface area (Å²) in [4.78, 5) is 8.43. The second kappa shape index (κ2) is 4.19. The molecule has 0 saturated carbocycles. The van der Waals surface area contributed by atoms with Gasteiger partial charge in [0.1, 0.15) is 0 Å². The van der Waals surface area contributed by atoms with Crippen LogP contribution in [-0.4, -0.2) is 15.1 Å². The van der Waals surface area contributed by atoms with E-state index in [9.17, 15) is 0 Å². The molecule has 0 aliphatic heterocycles. The van der Waals surface area contributed by atoms with Gasteiger partial charge in [0, 0.05) is 23.3 Å². The number of pyridine rings is 1. The quantitative estimate of drug-likeness (QED) is 0.743. The average Bonchev–Trinajstić information content (AvgIpc) is 2.87. The smallest absolute Gasteiger partial charge is 0.243 e. The SMILES string of the molecule is C[C@H](N)c1nc(-c2cccc3ccncc23)no1. The summed E-state index contributed by atoms with van der Waals surface area (Å²) in [7, 11) is 0. The summed E-state index contributed by atoms with van der Waals surface area (Å²) in [6, 6.07) is 7.61. The van der Waals surface area contributed by atoms with Gasteiger partial charge in [-0.3, -0.25) is 4.98 Å². The summed E-state index contributed by atoms with van der Waals surface area (Å²) in [5.74, 6) is 0.979. The Kier molecular flexibility index (Phi) is 2.53. The molecule has 0 aliphatic rings. The van der Waals surface area contributed by atoms with Gasteiger partial charge in [0.2, 0.25) is 11.7 Å². The molecular weight excluding hydrogens is 228 g/mol. The van der Waals surface area contributed by atoms with E-state index in [0.717, 1.165) is 16.3 Å². The van der Waals surface area contributed by atoms with Crippen molar-refractivity contribution in [3.8, 4) is 11.4 Å². The van der Waals surface area contributed by atoms with Crippen LogP contribution in [0.3, 0.4) is 0 Å². The zero-order valence-corrected chi connectivity index (χ0v) is 9.87. The Morgan fingerprint density at radius 1 is 1.28 bits per heavy atom. The summed E-state index contributed by atoms with van der Waals surface area (Å²) >= 11 is 0.